The molecule has 3 amide bonds. The van der Waals surface area contributed by atoms with E-state index in [1.54, 1.807) is 19.1 Å². The summed E-state index contributed by atoms with van der Waals surface area (Å²) < 4.78 is 0. The van der Waals surface area contributed by atoms with Crippen molar-refractivity contribution in [2.24, 2.45) is 11.7 Å². The van der Waals surface area contributed by atoms with Crippen LogP contribution in [0.1, 0.15) is 33.1 Å². The minimum atomic E-state index is -1.35. The first-order valence-corrected chi connectivity index (χ1v) is 8.62. The lowest BCUT2D eigenvalue weighted by Crippen LogP contribution is -2.54. The minimum absolute atomic E-state index is 0.116. The number of hydrogen-bond donors (Lipinski definition) is 3. The third-order valence-corrected chi connectivity index (χ3v) is 5.01. The van der Waals surface area contributed by atoms with Crippen LogP contribution < -0.4 is 15.5 Å². The molecule has 2 unspecified atom stereocenters. The van der Waals surface area contributed by atoms with E-state index in [2.05, 4.69) is 0 Å². The molecule has 1 aliphatic heterocycles. The van der Waals surface area contributed by atoms with Crippen molar-refractivity contribution in [1.29, 1.82) is 0 Å². The molecule has 0 bridgehead atoms. The van der Waals surface area contributed by atoms with E-state index in [0.717, 1.165) is 0 Å². The standard InChI is InChI=1S/C18H25N3O5/c1-3-12(2)16(24)20(17(25)26)13-4-6-14(7-5-13)21-15(23)8-9-18(21,10-19)11-22/h4-7,12,22H,3,8-11,19H2,1-2H3,(H,25,26). The van der Waals surface area contributed by atoms with Crippen molar-refractivity contribution in [3.63, 3.8) is 0 Å². The number of rotatable bonds is 6. The molecule has 2 rings (SSSR count). The number of amides is 3. The van der Waals surface area contributed by atoms with E-state index < -0.39 is 23.5 Å². The fourth-order valence-corrected chi connectivity index (χ4v) is 3.13. The Labute approximate surface area is 152 Å². The number of benzene rings is 1. The van der Waals surface area contributed by atoms with Crippen LogP contribution in [0, 0.1) is 5.92 Å². The minimum Gasteiger partial charge on any atom is -0.464 e. The number of carbonyl (C=O) groups is 3. The summed E-state index contributed by atoms with van der Waals surface area (Å²) in [5.41, 5.74) is 5.66. The maximum atomic E-state index is 12.3. The molecule has 8 heteroatoms. The number of nitrogens with zero attached hydrogens (tertiary/aromatic N) is 2. The lowest BCUT2D eigenvalue weighted by Gasteiger charge is -2.36. The molecule has 26 heavy (non-hydrogen) atoms. The number of imide groups is 1. The Morgan fingerprint density at radius 2 is 1.96 bits per heavy atom. The van der Waals surface area contributed by atoms with Crippen LogP contribution in [0.2, 0.25) is 0 Å². The Bertz CT molecular complexity index is 685. The Hall–Kier alpha value is -2.45. The van der Waals surface area contributed by atoms with E-state index >= 15 is 0 Å². The molecule has 1 saturated heterocycles. The molecule has 0 aromatic heterocycles. The highest BCUT2D eigenvalue weighted by atomic mass is 16.4. The Balaban J connectivity index is 2.36. The number of aliphatic hydroxyl groups is 1. The zero-order valence-electron chi connectivity index (χ0n) is 15.0. The Kier molecular flexibility index (Phi) is 5.99. The van der Waals surface area contributed by atoms with Crippen LogP contribution in [0.15, 0.2) is 24.3 Å². The topological polar surface area (TPSA) is 124 Å². The first kappa shape index (κ1) is 19.9. The molecule has 2 atom stereocenters. The average Bonchev–Trinajstić information content (AvgIpc) is 2.98. The molecular formula is C18H25N3O5. The Morgan fingerprint density at radius 3 is 2.42 bits per heavy atom. The van der Waals surface area contributed by atoms with Gasteiger partial charge in [-0.05, 0) is 37.1 Å². The van der Waals surface area contributed by atoms with Gasteiger partial charge >= 0.3 is 6.09 Å². The van der Waals surface area contributed by atoms with E-state index in [9.17, 15) is 24.6 Å². The summed E-state index contributed by atoms with van der Waals surface area (Å²) in [6.07, 6.45) is -0.0907. The van der Waals surface area contributed by atoms with Crippen molar-refractivity contribution in [3.8, 4) is 0 Å². The van der Waals surface area contributed by atoms with Gasteiger partial charge in [0.25, 0.3) is 0 Å². The lowest BCUT2D eigenvalue weighted by molar-refractivity contribution is -0.121. The van der Waals surface area contributed by atoms with E-state index in [4.69, 9.17) is 5.73 Å². The molecule has 1 aromatic carbocycles. The van der Waals surface area contributed by atoms with Crippen LogP contribution in [0.3, 0.4) is 0 Å². The number of carbonyl (C=O) groups excluding carboxylic acids is 2. The van der Waals surface area contributed by atoms with E-state index in [0.29, 0.717) is 23.4 Å². The zero-order chi connectivity index (χ0) is 19.5. The van der Waals surface area contributed by atoms with Gasteiger partial charge in [-0.25, -0.2) is 9.69 Å². The second-order valence-electron chi connectivity index (χ2n) is 6.60. The number of aliphatic hydroxyl groups excluding tert-OH is 1. The highest BCUT2D eigenvalue weighted by Gasteiger charge is 2.44. The van der Waals surface area contributed by atoms with Crippen molar-refractivity contribution in [2.75, 3.05) is 23.0 Å². The summed E-state index contributed by atoms with van der Waals surface area (Å²) in [4.78, 5) is 38.3. The summed E-state index contributed by atoms with van der Waals surface area (Å²) in [6, 6.07) is 6.10. The summed E-state index contributed by atoms with van der Waals surface area (Å²) in [7, 11) is 0. The van der Waals surface area contributed by atoms with E-state index in [-0.39, 0.29) is 31.2 Å². The third-order valence-electron chi connectivity index (χ3n) is 5.01. The molecule has 0 saturated carbocycles. The van der Waals surface area contributed by atoms with Crippen LogP contribution in [0.25, 0.3) is 0 Å². The van der Waals surface area contributed by atoms with Gasteiger partial charge in [-0.1, -0.05) is 13.8 Å². The quantitative estimate of drug-likeness (QED) is 0.704. The number of anilines is 2. The maximum Gasteiger partial charge on any atom is 0.418 e. The molecule has 0 spiro atoms. The SMILES string of the molecule is CCC(C)C(=O)N(C(=O)O)c1ccc(N2C(=O)CCC2(CN)CO)cc1. The third kappa shape index (κ3) is 3.42. The van der Waals surface area contributed by atoms with Gasteiger partial charge in [0.05, 0.1) is 17.8 Å². The summed E-state index contributed by atoms with van der Waals surface area (Å²) >= 11 is 0. The van der Waals surface area contributed by atoms with Crippen molar-refractivity contribution < 1.29 is 24.6 Å². The summed E-state index contributed by atoms with van der Waals surface area (Å²) in [6.45, 7) is 3.34. The first-order chi connectivity index (χ1) is 12.3. The van der Waals surface area contributed by atoms with Gasteiger partial charge in [0, 0.05) is 24.6 Å². The lowest BCUT2D eigenvalue weighted by atomic mass is 9.97. The van der Waals surface area contributed by atoms with Crippen LogP contribution in [-0.2, 0) is 9.59 Å². The molecule has 1 aliphatic rings. The second-order valence-corrected chi connectivity index (χ2v) is 6.60. The van der Waals surface area contributed by atoms with Crippen molar-refractivity contribution >= 4 is 29.3 Å². The number of nitrogens with two attached hydrogens (primary N) is 1. The van der Waals surface area contributed by atoms with Gasteiger partial charge < -0.3 is 20.8 Å². The van der Waals surface area contributed by atoms with Crippen LogP contribution in [0.4, 0.5) is 16.2 Å². The fourth-order valence-electron chi connectivity index (χ4n) is 3.13. The molecule has 1 heterocycles. The molecule has 1 fully saturated rings. The van der Waals surface area contributed by atoms with Crippen LogP contribution in [0.5, 0.6) is 0 Å². The summed E-state index contributed by atoms with van der Waals surface area (Å²) in [5, 5.41) is 19.2. The predicted molar refractivity (Wildman–Crippen MR) is 97.0 cm³/mol. The Morgan fingerprint density at radius 1 is 1.35 bits per heavy atom. The molecule has 1 aromatic rings. The summed E-state index contributed by atoms with van der Waals surface area (Å²) in [5.74, 6) is -1.08. The van der Waals surface area contributed by atoms with E-state index in [1.807, 2.05) is 6.92 Å². The van der Waals surface area contributed by atoms with Crippen LogP contribution in [-0.4, -0.2) is 46.8 Å². The monoisotopic (exact) mass is 363 g/mol. The largest absolute Gasteiger partial charge is 0.464 e. The average molecular weight is 363 g/mol. The van der Waals surface area contributed by atoms with Crippen molar-refractivity contribution in [3.05, 3.63) is 24.3 Å². The molecule has 8 nitrogen and oxygen atoms in total. The molecular weight excluding hydrogens is 338 g/mol. The fraction of sp³-hybridized carbons (Fsp3) is 0.500. The number of carboxylic acid groups (broad SMARTS) is 1. The predicted octanol–water partition coefficient (Wildman–Crippen LogP) is 1.56. The van der Waals surface area contributed by atoms with Gasteiger partial charge in [-0.15, -0.1) is 0 Å². The van der Waals surface area contributed by atoms with E-state index in [1.165, 1.54) is 17.0 Å². The molecule has 0 aliphatic carbocycles. The van der Waals surface area contributed by atoms with Crippen LogP contribution >= 0.6 is 0 Å². The smallest absolute Gasteiger partial charge is 0.418 e. The van der Waals surface area contributed by atoms with Gasteiger partial charge in [0.2, 0.25) is 11.8 Å². The maximum absolute atomic E-state index is 12.3. The normalized spacial score (nSPS) is 20.9. The van der Waals surface area contributed by atoms with Crippen molar-refractivity contribution in [1.82, 2.24) is 0 Å². The van der Waals surface area contributed by atoms with Gasteiger partial charge in [0.1, 0.15) is 0 Å². The second kappa shape index (κ2) is 7.84. The van der Waals surface area contributed by atoms with Gasteiger partial charge in [-0.3, -0.25) is 9.59 Å². The zero-order valence-corrected chi connectivity index (χ0v) is 15.0. The highest BCUT2D eigenvalue weighted by Crippen LogP contribution is 2.35. The van der Waals surface area contributed by atoms with Crippen molar-refractivity contribution in [2.45, 2.75) is 38.6 Å². The molecule has 0 radical (unpaired) electrons. The highest BCUT2D eigenvalue weighted by molar-refractivity contribution is 6.12. The van der Waals surface area contributed by atoms with Gasteiger partial charge in [0.15, 0.2) is 0 Å². The first-order valence-electron chi connectivity index (χ1n) is 8.62. The molecule has 4 N–H and O–H groups in total. The molecule has 142 valence electrons. The number of hydrogen-bond acceptors (Lipinski definition) is 5. The van der Waals surface area contributed by atoms with Gasteiger partial charge in [-0.2, -0.15) is 0 Å².